The van der Waals surface area contributed by atoms with Gasteiger partial charge in [-0.1, -0.05) is 26.7 Å². The SMILES string of the molecule is CCCC1(CCC)C(=O)Nc2ccc(OC)cc21. The lowest BCUT2D eigenvalue weighted by atomic mass is 9.74. The van der Waals surface area contributed by atoms with Crippen LogP contribution in [0.1, 0.15) is 45.1 Å². The van der Waals surface area contributed by atoms with Gasteiger partial charge in [-0.25, -0.2) is 0 Å². The highest BCUT2D eigenvalue weighted by atomic mass is 16.5. The molecule has 2 rings (SSSR count). The van der Waals surface area contributed by atoms with Gasteiger partial charge in [-0.15, -0.1) is 0 Å². The number of methoxy groups -OCH3 is 1. The largest absolute Gasteiger partial charge is 0.497 e. The van der Waals surface area contributed by atoms with E-state index in [2.05, 4.69) is 19.2 Å². The molecule has 0 radical (unpaired) electrons. The van der Waals surface area contributed by atoms with E-state index < -0.39 is 0 Å². The van der Waals surface area contributed by atoms with Gasteiger partial charge >= 0.3 is 0 Å². The molecule has 1 N–H and O–H groups in total. The fraction of sp³-hybridized carbons (Fsp3) is 0.533. The molecule has 0 saturated heterocycles. The van der Waals surface area contributed by atoms with Gasteiger partial charge in [0.15, 0.2) is 0 Å². The van der Waals surface area contributed by atoms with Gasteiger partial charge in [-0.2, -0.15) is 0 Å². The molecule has 3 nitrogen and oxygen atoms in total. The second kappa shape index (κ2) is 5.01. The van der Waals surface area contributed by atoms with Crippen LogP contribution in [0, 0.1) is 0 Å². The molecule has 1 aromatic carbocycles. The van der Waals surface area contributed by atoms with E-state index in [9.17, 15) is 4.79 Å². The first-order valence-corrected chi connectivity index (χ1v) is 6.68. The summed E-state index contributed by atoms with van der Waals surface area (Å²) in [6, 6.07) is 5.85. The highest BCUT2D eigenvalue weighted by molar-refractivity contribution is 6.06. The van der Waals surface area contributed by atoms with Crippen LogP contribution in [-0.2, 0) is 10.2 Å². The molecular formula is C15H21NO2. The zero-order valence-electron chi connectivity index (χ0n) is 11.4. The molecule has 18 heavy (non-hydrogen) atoms. The van der Waals surface area contributed by atoms with Crippen LogP contribution in [-0.4, -0.2) is 13.0 Å². The predicted octanol–water partition coefficient (Wildman–Crippen LogP) is 3.49. The maximum atomic E-state index is 12.4. The summed E-state index contributed by atoms with van der Waals surface area (Å²) in [6.45, 7) is 4.26. The van der Waals surface area contributed by atoms with Gasteiger partial charge in [-0.05, 0) is 36.6 Å². The number of nitrogens with one attached hydrogen (secondary N) is 1. The lowest BCUT2D eigenvalue weighted by molar-refractivity contribution is -0.121. The van der Waals surface area contributed by atoms with Crippen molar-refractivity contribution in [2.45, 2.75) is 44.9 Å². The molecule has 98 valence electrons. The molecule has 0 fully saturated rings. The van der Waals surface area contributed by atoms with Crippen molar-refractivity contribution >= 4 is 11.6 Å². The van der Waals surface area contributed by atoms with Crippen molar-refractivity contribution in [1.29, 1.82) is 0 Å². The third-order valence-corrected chi connectivity index (χ3v) is 3.78. The Bertz CT molecular complexity index is 448. The van der Waals surface area contributed by atoms with E-state index in [1.54, 1.807) is 7.11 Å². The second-order valence-electron chi connectivity index (χ2n) is 4.95. The van der Waals surface area contributed by atoms with Gasteiger partial charge < -0.3 is 10.1 Å². The maximum Gasteiger partial charge on any atom is 0.235 e. The molecule has 1 heterocycles. The molecule has 1 amide bonds. The fourth-order valence-electron chi connectivity index (χ4n) is 2.99. The Morgan fingerprint density at radius 2 is 1.89 bits per heavy atom. The highest BCUT2D eigenvalue weighted by Gasteiger charge is 2.45. The number of fused-ring (bicyclic) bond motifs is 1. The first kappa shape index (κ1) is 12.9. The molecule has 0 atom stereocenters. The van der Waals surface area contributed by atoms with Gasteiger partial charge in [0.1, 0.15) is 5.75 Å². The zero-order chi connectivity index (χ0) is 13.2. The number of ether oxygens (including phenoxy) is 1. The van der Waals surface area contributed by atoms with Crippen LogP contribution in [0.25, 0.3) is 0 Å². The first-order valence-electron chi connectivity index (χ1n) is 6.68. The van der Waals surface area contributed by atoms with E-state index in [1.165, 1.54) is 0 Å². The minimum Gasteiger partial charge on any atom is -0.497 e. The zero-order valence-corrected chi connectivity index (χ0v) is 11.4. The summed E-state index contributed by atoms with van der Waals surface area (Å²) in [7, 11) is 1.66. The second-order valence-corrected chi connectivity index (χ2v) is 4.95. The van der Waals surface area contributed by atoms with Crippen LogP contribution < -0.4 is 10.1 Å². The Morgan fingerprint density at radius 1 is 1.22 bits per heavy atom. The fourth-order valence-corrected chi connectivity index (χ4v) is 2.99. The molecule has 0 aromatic heterocycles. The summed E-state index contributed by atoms with van der Waals surface area (Å²) in [5.74, 6) is 0.969. The van der Waals surface area contributed by atoms with Crippen LogP contribution >= 0.6 is 0 Å². The summed E-state index contributed by atoms with van der Waals surface area (Å²) in [4.78, 5) is 12.4. The van der Waals surface area contributed by atoms with Crippen molar-refractivity contribution in [2.75, 3.05) is 12.4 Å². The predicted molar refractivity (Wildman–Crippen MR) is 73.1 cm³/mol. The van der Waals surface area contributed by atoms with Crippen molar-refractivity contribution in [2.24, 2.45) is 0 Å². The lowest BCUT2D eigenvalue weighted by Crippen LogP contribution is -2.34. The van der Waals surface area contributed by atoms with Gasteiger partial charge in [0.25, 0.3) is 0 Å². The normalized spacial score (nSPS) is 16.3. The lowest BCUT2D eigenvalue weighted by Gasteiger charge is -2.26. The molecular weight excluding hydrogens is 226 g/mol. The molecule has 0 spiro atoms. The minimum atomic E-state index is -0.354. The Labute approximate surface area is 109 Å². The number of rotatable bonds is 5. The van der Waals surface area contributed by atoms with Gasteiger partial charge in [-0.3, -0.25) is 4.79 Å². The average Bonchev–Trinajstić information content (AvgIpc) is 2.63. The highest BCUT2D eigenvalue weighted by Crippen LogP contribution is 2.45. The van der Waals surface area contributed by atoms with E-state index in [0.29, 0.717) is 0 Å². The quantitative estimate of drug-likeness (QED) is 0.865. The summed E-state index contributed by atoms with van der Waals surface area (Å²) < 4.78 is 5.29. The number of carbonyl (C=O) groups excluding carboxylic acids is 1. The van der Waals surface area contributed by atoms with Crippen LogP contribution in [0.15, 0.2) is 18.2 Å². The van der Waals surface area contributed by atoms with E-state index in [1.807, 2.05) is 18.2 Å². The van der Waals surface area contributed by atoms with Gasteiger partial charge in [0.05, 0.1) is 12.5 Å². The summed E-state index contributed by atoms with van der Waals surface area (Å²) in [5, 5.41) is 3.01. The Morgan fingerprint density at radius 3 is 2.44 bits per heavy atom. The summed E-state index contributed by atoms with van der Waals surface area (Å²) in [5.41, 5.74) is 1.70. The number of hydrogen-bond donors (Lipinski definition) is 1. The molecule has 0 saturated carbocycles. The maximum absolute atomic E-state index is 12.4. The number of hydrogen-bond acceptors (Lipinski definition) is 2. The Hall–Kier alpha value is -1.51. The molecule has 1 aromatic rings. The van der Waals surface area contributed by atoms with Crippen molar-refractivity contribution in [3.05, 3.63) is 23.8 Å². The van der Waals surface area contributed by atoms with Gasteiger partial charge in [0, 0.05) is 5.69 Å². The standard InChI is InChI=1S/C15H21NO2/c1-4-8-15(9-5-2)12-10-11(18-3)6-7-13(12)16-14(15)17/h6-7,10H,4-5,8-9H2,1-3H3,(H,16,17). The molecule has 0 bridgehead atoms. The number of benzene rings is 1. The third-order valence-electron chi connectivity index (χ3n) is 3.78. The summed E-state index contributed by atoms with van der Waals surface area (Å²) >= 11 is 0. The van der Waals surface area contributed by atoms with Crippen molar-refractivity contribution in [3.63, 3.8) is 0 Å². The third kappa shape index (κ3) is 1.88. The molecule has 0 unspecified atom stereocenters. The smallest absolute Gasteiger partial charge is 0.235 e. The summed E-state index contributed by atoms with van der Waals surface area (Å²) in [6.07, 6.45) is 3.80. The van der Waals surface area contributed by atoms with E-state index in [0.717, 1.165) is 42.7 Å². The number of anilines is 1. The molecule has 0 aliphatic carbocycles. The monoisotopic (exact) mass is 247 g/mol. The van der Waals surface area contributed by atoms with Crippen molar-refractivity contribution in [3.8, 4) is 5.75 Å². The van der Waals surface area contributed by atoms with Crippen molar-refractivity contribution in [1.82, 2.24) is 0 Å². The van der Waals surface area contributed by atoms with Crippen molar-refractivity contribution < 1.29 is 9.53 Å². The first-order chi connectivity index (χ1) is 8.67. The minimum absolute atomic E-state index is 0.148. The van der Waals surface area contributed by atoms with Crippen LogP contribution in [0.2, 0.25) is 0 Å². The van der Waals surface area contributed by atoms with Crippen LogP contribution in [0.4, 0.5) is 5.69 Å². The topological polar surface area (TPSA) is 38.3 Å². The van der Waals surface area contributed by atoms with Gasteiger partial charge in [0.2, 0.25) is 5.91 Å². The molecule has 1 aliphatic rings. The van der Waals surface area contributed by atoms with E-state index in [-0.39, 0.29) is 11.3 Å². The Kier molecular flexibility index (Phi) is 3.60. The average molecular weight is 247 g/mol. The van der Waals surface area contributed by atoms with E-state index in [4.69, 9.17) is 4.74 Å². The molecule has 3 heteroatoms. The number of carbonyl (C=O) groups is 1. The molecule has 1 aliphatic heterocycles. The number of amides is 1. The van der Waals surface area contributed by atoms with Crippen LogP contribution in [0.3, 0.4) is 0 Å². The van der Waals surface area contributed by atoms with E-state index >= 15 is 0 Å². The Balaban J connectivity index is 2.51. The van der Waals surface area contributed by atoms with Crippen LogP contribution in [0.5, 0.6) is 5.75 Å².